The highest BCUT2D eigenvalue weighted by Crippen LogP contribution is 2.28. The molecule has 0 saturated carbocycles. The van der Waals surface area contributed by atoms with Gasteiger partial charge in [-0.25, -0.2) is 0 Å². The number of thiophene rings is 1. The molecule has 156 valence electrons. The Morgan fingerprint density at radius 3 is 2.59 bits per heavy atom. The molecule has 6 nitrogen and oxygen atoms in total. The van der Waals surface area contributed by atoms with Crippen LogP contribution in [0.15, 0.2) is 30.3 Å². The van der Waals surface area contributed by atoms with Gasteiger partial charge in [-0.3, -0.25) is 14.5 Å². The minimum atomic E-state index is -0.296. The summed E-state index contributed by atoms with van der Waals surface area (Å²) < 4.78 is 5.29. The highest BCUT2D eigenvalue weighted by molar-refractivity contribution is 7.13. The molecule has 1 fully saturated rings. The monoisotopic (exact) mass is 435 g/mol. The van der Waals surface area contributed by atoms with Gasteiger partial charge in [0.1, 0.15) is 5.75 Å². The van der Waals surface area contributed by atoms with Gasteiger partial charge in [-0.15, -0.1) is 11.3 Å². The van der Waals surface area contributed by atoms with Crippen LogP contribution in [-0.4, -0.2) is 49.0 Å². The summed E-state index contributed by atoms with van der Waals surface area (Å²) in [4.78, 5) is 29.1. The molecule has 1 aliphatic heterocycles. The minimum Gasteiger partial charge on any atom is -0.495 e. The van der Waals surface area contributed by atoms with E-state index >= 15 is 0 Å². The van der Waals surface area contributed by atoms with Crippen molar-refractivity contribution >= 4 is 40.4 Å². The Labute approximate surface area is 180 Å². The zero-order valence-electron chi connectivity index (χ0n) is 16.8. The van der Waals surface area contributed by atoms with Crippen molar-refractivity contribution in [1.82, 2.24) is 10.2 Å². The number of piperidine rings is 1. The van der Waals surface area contributed by atoms with E-state index in [0.29, 0.717) is 16.5 Å². The summed E-state index contributed by atoms with van der Waals surface area (Å²) in [5, 5.41) is 6.55. The van der Waals surface area contributed by atoms with Crippen molar-refractivity contribution in [1.29, 1.82) is 0 Å². The van der Waals surface area contributed by atoms with Crippen molar-refractivity contribution in [2.75, 3.05) is 25.5 Å². The van der Waals surface area contributed by atoms with E-state index < -0.39 is 0 Å². The van der Waals surface area contributed by atoms with Gasteiger partial charge in [0.15, 0.2) is 0 Å². The first kappa shape index (κ1) is 21.6. The van der Waals surface area contributed by atoms with Crippen LogP contribution in [0.5, 0.6) is 5.75 Å². The molecule has 0 spiro atoms. The Hall–Kier alpha value is -2.09. The average molecular weight is 436 g/mol. The molecule has 29 heavy (non-hydrogen) atoms. The largest absolute Gasteiger partial charge is 0.495 e. The van der Waals surface area contributed by atoms with Crippen LogP contribution < -0.4 is 15.4 Å². The number of benzene rings is 1. The normalized spacial score (nSPS) is 16.3. The third-order valence-electron chi connectivity index (χ3n) is 5.18. The zero-order chi connectivity index (χ0) is 21.0. The molecule has 0 aliphatic carbocycles. The summed E-state index contributed by atoms with van der Waals surface area (Å²) in [5.41, 5.74) is 0.560. The van der Waals surface area contributed by atoms with Crippen LogP contribution in [0.1, 0.15) is 34.3 Å². The summed E-state index contributed by atoms with van der Waals surface area (Å²) >= 11 is 7.54. The summed E-state index contributed by atoms with van der Waals surface area (Å²) in [6.07, 6.45) is 1.63. The first-order chi connectivity index (χ1) is 13.9. The Morgan fingerprint density at radius 2 is 1.97 bits per heavy atom. The molecule has 0 radical (unpaired) electrons. The topological polar surface area (TPSA) is 70.7 Å². The second-order valence-electron chi connectivity index (χ2n) is 7.20. The fourth-order valence-corrected chi connectivity index (χ4v) is 4.37. The number of halogens is 1. The molecule has 1 aromatic carbocycles. The van der Waals surface area contributed by atoms with Crippen LogP contribution in [0.4, 0.5) is 5.69 Å². The number of anilines is 1. The van der Waals surface area contributed by atoms with Crippen molar-refractivity contribution in [3.8, 4) is 5.75 Å². The van der Waals surface area contributed by atoms with Gasteiger partial charge in [-0.2, -0.15) is 0 Å². The number of aryl methyl sites for hydroxylation is 1. The number of rotatable bonds is 6. The molecular weight excluding hydrogens is 410 g/mol. The molecule has 2 amide bonds. The van der Waals surface area contributed by atoms with E-state index in [1.54, 1.807) is 25.3 Å². The van der Waals surface area contributed by atoms with E-state index in [1.165, 1.54) is 11.3 Å². The van der Waals surface area contributed by atoms with Crippen LogP contribution in [-0.2, 0) is 4.79 Å². The molecule has 1 atom stereocenters. The number of hydrogen-bond acceptors (Lipinski definition) is 5. The third-order valence-corrected chi connectivity index (χ3v) is 6.41. The molecule has 1 aliphatic rings. The average Bonchev–Trinajstić information content (AvgIpc) is 3.15. The van der Waals surface area contributed by atoms with Gasteiger partial charge >= 0.3 is 0 Å². The Bertz CT molecular complexity index is 878. The molecule has 0 bridgehead atoms. The molecule has 1 aromatic heterocycles. The van der Waals surface area contributed by atoms with Gasteiger partial charge < -0.3 is 15.4 Å². The highest BCUT2D eigenvalue weighted by Gasteiger charge is 2.28. The fourth-order valence-electron chi connectivity index (χ4n) is 3.43. The Morgan fingerprint density at radius 1 is 1.24 bits per heavy atom. The van der Waals surface area contributed by atoms with E-state index in [2.05, 4.69) is 15.5 Å². The SMILES string of the molecule is COc1ccc(Cl)cc1NC(=O)C(C)N1CCC(NC(=O)c2ccc(C)s2)CC1. The van der Waals surface area contributed by atoms with Gasteiger partial charge in [0, 0.05) is 29.0 Å². The lowest BCUT2D eigenvalue weighted by atomic mass is 10.0. The maximum absolute atomic E-state index is 12.7. The minimum absolute atomic E-state index is 0.0135. The van der Waals surface area contributed by atoms with Gasteiger partial charge in [0.25, 0.3) is 5.91 Å². The number of methoxy groups -OCH3 is 1. The van der Waals surface area contributed by atoms with Crippen LogP contribution in [0.2, 0.25) is 5.02 Å². The maximum Gasteiger partial charge on any atom is 0.261 e. The van der Waals surface area contributed by atoms with Crippen molar-refractivity contribution < 1.29 is 14.3 Å². The number of nitrogens with one attached hydrogen (secondary N) is 2. The Balaban J connectivity index is 1.51. The lowest BCUT2D eigenvalue weighted by Gasteiger charge is -2.35. The molecule has 2 aromatic rings. The van der Waals surface area contributed by atoms with Crippen molar-refractivity contribution in [3.63, 3.8) is 0 Å². The number of carbonyl (C=O) groups is 2. The second-order valence-corrected chi connectivity index (χ2v) is 8.93. The number of nitrogens with zero attached hydrogens (tertiary/aromatic N) is 1. The van der Waals surface area contributed by atoms with Gasteiger partial charge in [-0.05, 0) is 57.0 Å². The zero-order valence-corrected chi connectivity index (χ0v) is 18.4. The summed E-state index contributed by atoms with van der Waals surface area (Å²) in [7, 11) is 1.55. The van der Waals surface area contributed by atoms with E-state index in [4.69, 9.17) is 16.3 Å². The number of carbonyl (C=O) groups excluding carboxylic acids is 2. The maximum atomic E-state index is 12.7. The lowest BCUT2D eigenvalue weighted by molar-refractivity contribution is -0.121. The summed E-state index contributed by atoms with van der Waals surface area (Å²) in [6, 6.07) is 8.78. The molecule has 2 N–H and O–H groups in total. The van der Waals surface area contributed by atoms with Crippen molar-refractivity contribution in [2.24, 2.45) is 0 Å². The van der Waals surface area contributed by atoms with Gasteiger partial charge in [0.05, 0.1) is 23.7 Å². The van der Waals surface area contributed by atoms with Crippen LogP contribution in [0, 0.1) is 6.92 Å². The number of hydrogen-bond donors (Lipinski definition) is 2. The molecule has 1 unspecified atom stereocenters. The fraction of sp³-hybridized carbons (Fsp3) is 0.429. The molecule has 2 heterocycles. The third kappa shape index (κ3) is 5.50. The smallest absolute Gasteiger partial charge is 0.261 e. The van der Waals surface area contributed by atoms with Gasteiger partial charge in [-0.1, -0.05) is 11.6 Å². The van der Waals surface area contributed by atoms with Crippen LogP contribution >= 0.6 is 22.9 Å². The highest BCUT2D eigenvalue weighted by atomic mass is 35.5. The summed E-state index contributed by atoms with van der Waals surface area (Å²) in [5.74, 6) is 0.447. The Kier molecular flexibility index (Phi) is 7.16. The molecule has 8 heteroatoms. The predicted molar refractivity (Wildman–Crippen MR) is 117 cm³/mol. The first-order valence-electron chi connectivity index (χ1n) is 9.63. The molecule has 3 rings (SSSR count). The van der Waals surface area contributed by atoms with E-state index in [1.807, 2.05) is 26.0 Å². The predicted octanol–water partition coefficient (Wildman–Crippen LogP) is 3.94. The van der Waals surface area contributed by atoms with E-state index in [9.17, 15) is 9.59 Å². The van der Waals surface area contributed by atoms with E-state index in [-0.39, 0.29) is 23.9 Å². The number of likely N-dealkylation sites (tertiary alicyclic amines) is 1. The van der Waals surface area contributed by atoms with Crippen LogP contribution in [0.3, 0.4) is 0 Å². The number of amides is 2. The second kappa shape index (κ2) is 9.61. The van der Waals surface area contributed by atoms with E-state index in [0.717, 1.165) is 35.7 Å². The lowest BCUT2D eigenvalue weighted by Crippen LogP contribution is -2.50. The molecule has 1 saturated heterocycles. The quantitative estimate of drug-likeness (QED) is 0.721. The van der Waals surface area contributed by atoms with Gasteiger partial charge in [0.2, 0.25) is 5.91 Å². The van der Waals surface area contributed by atoms with Crippen molar-refractivity contribution in [3.05, 3.63) is 45.1 Å². The first-order valence-corrected chi connectivity index (χ1v) is 10.8. The number of ether oxygens (including phenoxy) is 1. The van der Waals surface area contributed by atoms with Crippen LogP contribution in [0.25, 0.3) is 0 Å². The molecular formula is C21H26ClN3O3S. The standard InChI is InChI=1S/C21H26ClN3O3S/c1-13-4-7-19(29-13)21(27)23-16-8-10-25(11-9-16)14(2)20(26)24-17-12-15(22)5-6-18(17)28-3/h4-7,12,14,16H,8-11H2,1-3H3,(H,23,27)(H,24,26). The van der Waals surface area contributed by atoms with Crippen molar-refractivity contribution in [2.45, 2.75) is 38.8 Å². The summed E-state index contributed by atoms with van der Waals surface area (Å²) in [6.45, 7) is 5.37.